The summed E-state index contributed by atoms with van der Waals surface area (Å²) in [5.74, 6) is 0.0870. The summed E-state index contributed by atoms with van der Waals surface area (Å²) in [6.45, 7) is 5.85. The van der Waals surface area contributed by atoms with Crippen LogP contribution in [0.5, 0.6) is 11.5 Å². The van der Waals surface area contributed by atoms with Crippen LogP contribution >= 0.6 is 0 Å². The SMILES string of the molecule is COc1cccc([C@H]2OC(c3ccc(OCCCO)cc3)=N[C@@]2(CCC(=O)OC(C)(C)C)C(=O)NCc2ccc(F)cc2)c1. The van der Waals surface area contributed by atoms with Crippen molar-refractivity contribution in [2.24, 2.45) is 4.99 Å². The van der Waals surface area contributed by atoms with Crippen molar-refractivity contribution in [3.63, 3.8) is 0 Å². The van der Waals surface area contributed by atoms with Crippen LogP contribution in [0.15, 0.2) is 77.8 Å². The van der Waals surface area contributed by atoms with E-state index in [-0.39, 0.29) is 37.7 Å². The Bertz CT molecular complexity index is 1450. The lowest BCUT2D eigenvalue weighted by Crippen LogP contribution is -2.48. The highest BCUT2D eigenvalue weighted by atomic mass is 19.1. The number of amides is 1. The second kappa shape index (κ2) is 14.4. The second-order valence-electron chi connectivity index (χ2n) is 11.5. The monoisotopic (exact) mass is 606 g/mol. The molecule has 0 bridgehead atoms. The molecule has 1 heterocycles. The van der Waals surface area contributed by atoms with Crippen LogP contribution < -0.4 is 14.8 Å². The molecule has 44 heavy (non-hydrogen) atoms. The number of aliphatic imine (C=N–C) groups is 1. The van der Waals surface area contributed by atoms with Gasteiger partial charge < -0.3 is 29.4 Å². The fraction of sp³-hybridized carbons (Fsp3) is 0.382. The van der Waals surface area contributed by atoms with E-state index in [2.05, 4.69) is 5.32 Å². The van der Waals surface area contributed by atoms with Crippen LogP contribution in [-0.4, -0.2) is 54.3 Å². The molecule has 0 spiro atoms. The van der Waals surface area contributed by atoms with Crippen LogP contribution in [0.3, 0.4) is 0 Å². The van der Waals surface area contributed by atoms with Gasteiger partial charge in [0.15, 0.2) is 11.6 Å². The van der Waals surface area contributed by atoms with Gasteiger partial charge in [-0.2, -0.15) is 0 Å². The topological polar surface area (TPSA) is 116 Å². The maximum atomic E-state index is 14.2. The van der Waals surface area contributed by atoms with Gasteiger partial charge in [-0.05, 0) is 86.8 Å². The molecule has 1 aliphatic heterocycles. The Morgan fingerprint density at radius 1 is 1.05 bits per heavy atom. The number of aliphatic hydroxyl groups is 1. The van der Waals surface area contributed by atoms with Crippen molar-refractivity contribution in [2.45, 2.75) is 63.8 Å². The van der Waals surface area contributed by atoms with Gasteiger partial charge in [-0.3, -0.25) is 9.59 Å². The molecule has 0 aromatic heterocycles. The molecule has 9 nitrogen and oxygen atoms in total. The minimum Gasteiger partial charge on any atom is -0.497 e. The number of nitrogens with one attached hydrogen (secondary N) is 1. The summed E-state index contributed by atoms with van der Waals surface area (Å²) in [4.78, 5) is 32.0. The molecular weight excluding hydrogens is 567 g/mol. The molecule has 0 saturated carbocycles. The van der Waals surface area contributed by atoms with E-state index in [0.29, 0.717) is 41.2 Å². The van der Waals surface area contributed by atoms with Crippen molar-refractivity contribution in [2.75, 3.05) is 20.3 Å². The Labute approximate surface area is 257 Å². The summed E-state index contributed by atoms with van der Waals surface area (Å²) in [5, 5.41) is 12.0. The van der Waals surface area contributed by atoms with Crippen molar-refractivity contribution >= 4 is 17.8 Å². The van der Waals surface area contributed by atoms with Crippen molar-refractivity contribution in [3.8, 4) is 11.5 Å². The molecule has 1 aliphatic rings. The van der Waals surface area contributed by atoms with Crippen LogP contribution in [0.1, 0.15) is 62.8 Å². The lowest BCUT2D eigenvalue weighted by Gasteiger charge is -2.31. The molecule has 1 amide bonds. The molecular formula is C34H39FN2O7. The Morgan fingerprint density at radius 2 is 1.77 bits per heavy atom. The number of hydrogen-bond donors (Lipinski definition) is 2. The zero-order chi connectivity index (χ0) is 31.7. The second-order valence-corrected chi connectivity index (χ2v) is 11.5. The first-order valence-electron chi connectivity index (χ1n) is 14.5. The van der Waals surface area contributed by atoms with Gasteiger partial charge in [0.1, 0.15) is 22.9 Å². The van der Waals surface area contributed by atoms with Gasteiger partial charge in [0.2, 0.25) is 5.90 Å². The number of aliphatic hydroxyl groups excluding tert-OH is 1. The standard InChI is InChI=1S/C34H39FN2O7/c1-33(2,3)44-29(39)17-18-34(32(40)36-22-23-9-13-26(35)14-10-23)30(25-7-5-8-28(21-25)41-4)43-31(37-34)24-11-15-27(16-12-24)42-20-6-19-38/h5,7-16,21,30,38H,6,17-20,22H2,1-4H3,(H,36,40)/t30-,34-/m1/s1. The number of nitrogens with zero attached hydrogens (tertiary/aromatic N) is 1. The van der Waals surface area contributed by atoms with Crippen LogP contribution in [0.4, 0.5) is 4.39 Å². The molecule has 2 atom stereocenters. The Kier molecular flexibility index (Phi) is 10.6. The highest BCUT2D eigenvalue weighted by Gasteiger charge is 2.53. The average Bonchev–Trinajstić information content (AvgIpc) is 3.40. The highest BCUT2D eigenvalue weighted by molar-refractivity contribution is 6.01. The number of methoxy groups -OCH3 is 1. The van der Waals surface area contributed by atoms with E-state index in [4.69, 9.17) is 29.0 Å². The van der Waals surface area contributed by atoms with Crippen molar-refractivity contribution in [1.29, 1.82) is 0 Å². The lowest BCUT2D eigenvalue weighted by atomic mass is 9.83. The molecule has 4 rings (SSSR count). The number of rotatable bonds is 13. The highest BCUT2D eigenvalue weighted by Crippen LogP contribution is 2.44. The third-order valence-corrected chi connectivity index (χ3v) is 6.92. The van der Waals surface area contributed by atoms with E-state index in [0.717, 1.165) is 0 Å². The van der Waals surface area contributed by atoms with Crippen LogP contribution in [0.2, 0.25) is 0 Å². The van der Waals surface area contributed by atoms with Crippen molar-refractivity contribution in [1.82, 2.24) is 5.32 Å². The minimum absolute atomic E-state index is 0.00903. The predicted molar refractivity (Wildman–Crippen MR) is 163 cm³/mol. The molecule has 2 N–H and O–H groups in total. The zero-order valence-corrected chi connectivity index (χ0v) is 25.5. The molecule has 10 heteroatoms. The van der Waals surface area contributed by atoms with Crippen LogP contribution in [0.25, 0.3) is 0 Å². The molecule has 0 unspecified atom stereocenters. The smallest absolute Gasteiger partial charge is 0.306 e. The number of halogens is 1. The molecule has 0 aliphatic carbocycles. The summed E-state index contributed by atoms with van der Waals surface area (Å²) >= 11 is 0. The lowest BCUT2D eigenvalue weighted by molar-refractivity contribution is -0.155. The summed E-state index contributed by atoms with van der Waals surface area (Å²) < 4.78 is 36.6. The van der Waals surface area contributed by atoms with Gasteiger partial charge in [0.05, 0.1) is 13.7 Å². The quantitative estimate of drug-likeness (QED) is 0.201. The molecule has 234 valence electrons. The van der Waals surface area contributed by atoms with E-state index in [1.807, 2.05) is 6.07 Å². The zero-order valence-electron chi connectivity index (χ0n) is 25.5. The normalized spacial score (nSPS) is 17.8. The first-order valence-corrected chi connectivity index (χ1v) is 14.5. The van der Waals surface area contributed by atoms with E-state index in [1.165, 1.54) is 12.1 Å². The number of carbonyl (C=O) groups excluding carboxylic acids is 2. The van der Waals surface area contributed by atoms with Crippen molar-refractivity contribution < 1.29 is 38.0 Å². The van der Waals surface area contributed by atoms with Gasteiger partial charge in [-0.25, -0.2) is 9.38 Å². The maximum Gasteiger partial charge on any atom is 0.306 e. The maximum absolute atomic E-state index is 14.2. The molecule has 0 fully saturated rings. The summed E-state index contributed by atoms with van der Waals surface area (Å²) in [7, 11) is 1.55. The first kappa shape index (κ1) is 32.5. The fourth-order valence-electron chi connectivity index (χ4n) is 4.80. The van der Waals surface area contributed by atoms with Gasteiger partial charge >= 0.3 is 5.97 Å². The van der Waals surface area contributed by atoms with Crippen molar-refractivity contribution in [3.05, 3.63) is 95.3 Å². The fourth-order valence-corrected chi connectivity index (χ4v) is 4.80. The summed E-state index contributed by atoms with van der Waals surface area (Å²) in [6.07, 6.45) is -0.513. The summed E-state index contributed by atoms with van der Waals surface area (Å²) in [6, 6.07) is 20.1. The Morgan fingerprint density at radius 3 is 2.43 bits per heavy atom. The van der Waals surface area contributed by atoms with Crippen LogP contribution in [-0.2, 0) is 25.6 Å². The van der Waals surface area contributed by atoms with E-state index < -0.39 is 29.1 Å². The molecule has 3 aromatic carbocycles. The number of benzene rings is 3. The molecule has 0 saturated heterocycles. The number of esters is 1. The largest absolute Gasteiger partial charge is 0.497 e. The Balaban J connectivity index is 1.73. The third-order valence-electron chi connectivity index (χ3n) is 6.92. The first-order chi connectivity index (χ1) is 21.0. The van der Waals surface area contributed by atoms with Gasteiger partial charge in [-0.1, -0.05) is 24.3 Å². The Hall–Kier alpha value is -4.44. The predicted octanol–water partition coefficient (Wildman–Crippen LogP) is 5.29. The van der Waals surface area contributed by atoms with E-state index in [9.17, 15) is 14.0 Å². The van der Waals surface area contributed by atoms with Gasteiger partial charge in [-0.15, -0.1) is 0 Å². The number of ether oxygens (including phenoxy) is 4. The van der Waals surface area contributed by atoms with Crippen LogP contribution in [0, 0.1) is 5.82 Å². The molecule has 0 radical (unpaired) electrons. The average molecular weight is 607 g/mol. The van der Waals surface area contributed by atoms with E-state index in [1.54, 1.807) is 82.5 Å². The summed E-state index contributed by atoms with van der Waals surface area (Å²) in [5.41, 5.74) is -0.330. The van der Waals surface area contributed by atoms with E-state index >= 15 is 0 Å². The number of hydrogen-bond acceptors (Lipinski definition) is 8. The number of carbonyl (C=O) groups is 2. The van der Waals surface area contributed by atoms with Gasteiger partial charge in [0.25, 0.3) is 5.91 Å². The van der Waals surface area contributed by atoms with Gasteiger partial charge in [0, 0.05) is 31.6 Å². The third kappa shape index (κ3) is 8.35. The minimum atomic E-state index is -1.56. The molecule has 3 aromatic rings.